The summed E-state index contributed by atoms with van der Waals surface area (Å²) in [5.74, 6) is 2.95. The summed E-state index contributed by atoms with van der Waals surface area (Å²) in [7, 11) is 0. The summed E-state index contributed by atoms with van der Waals surface area (Å²) in [4.78, 5) is 12.0. The molecule has 0 amide bonds. The van der Waals surface area contributed by atoms with Crippen LogP contribution in [0, 0.1) is 51.2 Å². The number of allylic oxidation sites excluding steroid dienone is 2. The zero-order chi connectivity index (χ0) is 24.8. The van der Waals surface area contributed by atoms with Gasteiger partial charge in [-0.25, -0.2) is 4.79 Å². The zero-order valence-corrected chi connectivity index (χ0v) is 22.9. The third-order valence-electron chi connectivity index (χ3n) is 12.7. The molecule has 0 spiro atoms. The van der Waals surface area contributed by atoms with E-state index in [1.54, 1.807) is 0 Å². The number of fused-ring (bicyclic) bond motifs is 7. The number of rotatable bonds is 3. The number of hydrogen-bond donors (Lipinski definition) is 2. The number of aliphatic hydroxyl groups excluding tert-OH is 1. The summed E-state index contributed by atoms with van der Waals surface area (Å²) in [6, 6.07) is 1.90. The number of carboxylic acids is 1. The van der Waals surface area contributed by atoms with Crippen LogP contribution in [0.4, 0.5) is 0 Å². The fourth-order valence-electron chi connectivity index (χ4n) is 11.1. The van der Waals surface area contributed by atoms with Gasteiger partial charge in [-0.3, -0.25) is 0 Å². The van der Waals surface area contributed by atoms with E-state index in [1.165, 1.54) is 74.7 Å². The molecule has 5 aliphatic rings. The Hall–Kier alpha value is -1.13. The van der Waals surface area contributed by atoms with Crippen LogP contribution in [0.3, 0.4) is 0 Å². The first-order valence-corrected chi connectivity index (χ1v) is 15.1. The Morgan fingerprint density at radius 3 is 2.31 bits per heavy atom. The number of thiophene rings is 1. The topological polar surface area (TPSA) is 57.5 Å². The Labute approximate surface area is 215 Å². The standard InChI is InChI=1S/C31H44O3S/c1-28(2)20(19-16-25(27(33)34)35-17-19)11-13-30(4)22-7-8-23-24-6-5-12-31(24,18-32)15-14-29(23,3)21(22)9-10-26(28)30/h11,16-17,21-24,26,32H,5-10,12-15,18H2,1-4H3,(H,33,34)/t21?,22?,23?,24?,26?,29-,30+,31+/m0/s1. The van der Waals surface area contributed by atoms with E-state index >= 15 is 0 Å². The van der Waals surface area contributed by atoms with Crippen LogP contribution in [-0.2, 0) is 0 Å². The van der Waals surface area contributed by atoms with Gasteiger partial charge in [0.25, 0.3) is 0 Å². The van der Waals surface area contributed by atoms with Crippen LogP contribution in [0.25, 0.3) is 5.57 Å². The fraction of sp³-hybridized carbons (Fsp3) is 0.774. The average Bonchev–Trinajstić information content (AvgIpc) is 3.46. The maximum Gasteiger partial charge on any atom is 0.345 e. The van der Waals surface area contributed by atoms with Crippen LogP contribution < -0.4 is 0 Å². The first kappa shape index (κ1) is 24.2. The minimum Gasteiger partial charge on any atom is -0.477 e. The third kappa shape index (κ3) is 3.20. The van der Waals surface area contributed by atoms with Gasteiger partial charge in [0.1, 0.15) is 4.88 Å². The van der Waals surface area contributed by atoms with Gasteiger partial charge in [0, 0.05) is 6.61 Å². The quantitative estimate of drug-likeness (QED) is 0.447. The lowest BCUT2D eigenvalue weighted by Gasteiger charge is -2.67. The van der Waals surface area contributed by atoms with Crippen LogP contribution in [0.15, 0.2) is 17.5 Å². The molecule has 1 aromatic rings. The zero-order valence-electron chi connectivity index (χ0n) is 22.1. The van der Waals surface area contributed by atoms with Crippen molar-refractivity contribution in [2.45, 2.75) is 91.9 Å². The Bertz CT molecular complexity index is 1050. The molecule has 0 aliphatic heterocycles. The van der Waals surface area contributed by atoms with E-state index in [4.69, 9.17) is 0 Å². The molecule has 0 radical (unpaired) electrons. The van der Waals surface area contributed by atoms with Gasteiger partial charge < -0.3 is 10.2 Å². The highest BCUT2D eigenvalue weighted by Crippen LogP contribution is 2.72. The van der Waals surface area contributed by atoms with Crippen molar-refractivity contribution in [1.82, 2.24) is 0 Å². The van der Waals surface area contributed by atoms with Crippen LogP contribution in [0.1, 0.15) is 107 Å². The molecule has 4 heteroatoms. The first-order valence-electron chi connectivity index (χ1n) is 14.2. The molecule has 192 valence electrons. The van der Waals surface area contributed by atoms with Crippen LogP contribution in [0.2, 0.25) is 0 Å². The molecule has 1 heterocycles. The number of aromatic carboxylic acids is 1. The Morgan fingerprint density at radius 1 is 0.943 bits per heavy atom. The highest BCUT2D eigenvalue weighted by molar-refractivity contribution is 7.12. The lowest BCUT2D eigenvalue weighted by molar-refractivity contribution is -0.177. The molecule has 3 nitrogen and oxygen atoms in total. The maximum absolute atomic E-state index is 11.5. The monoisotopic (exact) mass is 496 g/mol. The molecule has 4 saturated carbocycles. The molecule has 2 N–H and O–H groups in total. The molecular weight excluding hydrogens is 452 g/mol. The normalized spacial score (nSPS) is 46.1. The second-order valence-electron chi connectivity index (χ2n) is 14.1. The lowest BCUT2D eigenvalue weighted by atomic mass is 9.37. The summed E-state index contributed by atoms with van der Waals surface area (Å²) in [5, 5.41) is 22.0. The number of carboxylic acid groups (broad SMARTS) is 1. The minimum absolute atomic E-state index is 0.0522. The lowest BCUT2D eigenvalue weighted by Crippen LogP contribution is -2.60. The van der Waals surface area contributed by atoms with Gasteiger partial charge in [0.05, 0.1) is 0 Å². The second-order valence-corrected chi connectivity index (χ2v) is 15.0. The van der Waals surface area contributed by atoms with E-state index < -0.39 is 5.97 Å². The van der Waals surface area contributed by atoms with Crippen molar-refractivity contribution in [1.29, 1.82) is 0 Å². The summed E-state index contributed by atoms with van der Waals surface area (Å²) in [5.41, 5.74) is 3.54. The summed E-state index contributed by atoms with van der Waals surface area (Å²) in [6.45, 7) is 10.5. The molecule has 8 atom stereocenters. The predicted molar refractivity (Wildman–Crippen MR) is 142 cm³/mol. The van der Waals surface area contributed by atoms with Gasteiger partial charge in [-0.1, -0.05) is 40.2 Å². The van der Waals surface area contributed by atoms with Crippen molar-refractivity contribution < 1.29 is 15.0 Å². The molecule has 1 aromatic heterocycles. The van der Waals surface area contributed by atoms with Crippen molar-refractivity contribution in [3.8, 4) is 0 Å². The predicted octanol–water partition coefficient (Wildman–Crippen LogP) is 7.90. The molecule has 0 bridgehead atoms. The van der Waals surface area contributed by atoms with Gasteiger partial charge in [0.15, 0.2) is 0 Å². The largest absolute Gasteiger partial charge is 0.477 e. The molecule has 4 fully saturated rings. The van der Waals surface area contributed by atoms with E-state index in [0.29, 0.717) is 28.2 Å². The molecule has 0 aromatic carbocycles. The summed E-state index contributed by atoms with van der Waals surface area (Å²) in [6.07, 6.45) is 15.4. The Morgan fingerprint density at radius 2 is 1.63 bits per heavy atom. The fourth-order valence-corrected chi connectivity index (χ4v) is 11.9. The highest BCUT2D eigenvalue weighted by atomic mass is 32.1. The Kier molecular flexibility index (Phi) is 5.49. The second kappa shape index (κ2) is 7.93. The van der Waals surface area contributed by atoms with Gasteiger partial charge in [0.2, 0.25) is 0 Å². The van der Waals surface area contributed by atoms with Crippen LogP contribution in [-0.4, -0.2) is 22.8 Å². The number of hydrogen-bond acceptors (Lipinski definition) is 3. The molecule has 0 saturated heterocycles. The minimum atomic E-state index is -0.814. The van der Waals surface area contributed by atoms with Crippen LogP contribution in [0.5, 0.6) is 0 Å². The summed E-state index contributed by atoms with van der Waals surface area (Å²) >= 11 is 1.36. The summed E-state index contributed by atoms with van der Waals surface area (Å²) < 4.78 is 0. The van der Waals surface area contributed by atoms with Crippen molar-refractivity contribution >= 4 is 22.9 Å². The van der Waals surface area contributed by atoms with Crippen molar-refractivity contribution in [2.24, 2.45) is 51.2 Å². The molecule has 35 heavy (non-hydrogen) atoms. The Balaban J connectivity index is 1.32. The van der Waals surface area contributed by atoms with Gasteiger partial charge >= 0.3 is 5.97 Å². The number of aliphatic hydroxyl groups is 1. The average molecular weight is 497 g/mol. The molecule has 5 aliphatic carbocycles. The SMILES string of the molecule is CC1(C)C(c2csc(C(=O)O)c2)=CC[C@]2(C)C3CCC4C5CCC[C@]5(CO)CC[C@@]4(C)C3CCC12. The van der Waals surface area contributed by atoms with Gasteiger partial charge in [-0.2, -0.15) is 0 Å². The molecule has 6 rings (SSSR count). The molecule has 5 unspecified atom stereocenters. The van der Waals surface area contributed by atoms with Crippen molar-refractivity contribution in [3.05, 3.63) is 28.0 Å². The van der Waals surface area contributed by atoms with Crippen LogP contribution >= 0.6 is 11.3 Å². The van der Waals surface area contributed by atoms with E-state index in [1.807, 2.05) is 6.07 Å². The number of carbonyl (C=O) groups is 1. The van der Waals surface area contributed by atoms with Gasteiger partial charge in [-0.15, -0.1) is 11.3 Å². The van der Waals surface area contributed by atoms with Crippen molar-refractivity contribution in [2.75, 3.05) is 6.61 Å². The van der Waals surface area contributed by atoms with E-state index in [9.17, 15) is 15.0 Å². The highest BCUT2D eigenvalue weighted by Gasteiger charge is 2.65. The van der Waals surface area contributed by atoms with E-state index in [0.717, 1.165) is 35.7 Å². The third-order valence-corrected chi connectivity index (χ3v) is 13.7. The first-order chi connectivity index (χ1) is 16.6. The van der Waals surface area contributed by atoms with Gasteiger partial charge in [-0.05, 0) is 132 Å². The smallest absolute Gasteiger partial charge is 0.345 e. The van der Waals surface area contributed by atoms with E-state index in [2.05, 4.69) is 39.2 Å². The molecular formula is C31H44O3S. The van der Waals surface area contributed by atoms with Crippen molar-refractivity contribution in [3.63, 3.8) is 0 Å². The van der Waals surface area contributed by atoms with E-state index in [-0.39, 0.29) is 10.8 Å². The maximum atomic E-state index is 11.5.